The Balaban J connectivity index is 2.04. The molecule has 0 aliphatic heterocycles. The highest BCUT2D eigenvalue weighted by molar-refractivity contribution is 5.83. The normalized spacial score (nSPS) is 10.7. The van der Waals surface area contributed by atoms with Gasteiger partial charge >= 0.3 is 0 Å². The zero-order valence-electron chi connectivity index (χ0n) is 15.0. The molecule has 2 aromatic carbocycles. The van der Waals surface area contributed by atoms with Crippen molar-refractivity contribution in [3.63, 3.8) is 0 Å². The van der Waals surface area contributed by atoms with E-state index in [0.717, 1.165) is 22.4 Å². The summed E-state index contributed by atoms with van der Waals surface area (Å²) in [7, 11) is 3.18. The van der Waals surface area contributed by atoms with Crippen LogP contribution in [0.4, 0.5) is 0 Å². The number of hydrogen-bond donors (Lipinski definition) is 0. The summed E-state index contributed by atoms with van der Waals surface area (Å²) in [6.45, 7) is 0. The van der Waals surface area contributed by atoms with E-state index in [9.17, 15) is 4.79 Å². The Bertz CT molecular complexity index is 1150. The number of aromatic nitrogens is 2. The van der Waals surface area contributed by atoms with Gasteiger partial charge in [-0.1, -0.05) is 30.3 Å². The summed E-state index contributed by atoms with van der Waals surface area (Å²) in [6.07, 6.45) is 0. The van der Waals surface area contributed by atoms with Crippen molar-refractivity contribution in [2.24, 2.45) is 0 Å². The van der Waals surface area contributed by atoms with Crippen molar-refractivity contribution >= 4 is 11.0 Å². The lowest BCUT2D eigenvalue weighted by Gasteiger charge is -2.13. The Kier molecular flexibility index (Phi) is 4.34. The second-order valence-corrected chi connectivity index (χ2v) is 6.03. The minimum absolute atomic E-state index is 0.139. The third-order valence-electron chi connectivity index (χ3n) is 4.45. The second-order valence-electron chi connectivity index (χ2n) is 6.03. The molecule has 2 heterocycles. The van der Waals surface area contributed by atoms with Crippen LogP contribution in [0.25, 0.3) is 27.8 Å². The van der Waals surface area contributed by atoms with E-state index in [1.807, 2.05) is 66.7 Å². The lowest BCUT2D eigenvalue weighted by atomic mass is 10.1. The molecule has 0 spiro atoms. The van der Waals surface area contributed by atoms with Crippen molar-refractivity contribution in [3.05, 3.63) is 83.2 Å². The number of pyridine rings is 2. The number of hydrogen-bond acceptors (Lipinski definition) is 4. The Hall–Kier alpha value is -3.60. The summed E-state index contributed by atoms with van der Waals surface area (Å²) in [5, 5.41) is 0.852. The standard InChI is InChI=1S/C22H18N2O3/c1-26-18-11-8-15(9-12-18)19-14-16-10-13-20(27-2)23-21(16)24(22(19)25)17-6-4-3-5-7-17/h3-14H,1-2H3. The third kappa shape index (κ3) is 3.04. The van der Waals surface area contributed by atoms with Crippen LogP contribution in [0.2, 0.25) is 0 Å². The average Bonchev–Trinajstić information content (AvgIpc) is 2.73. The number of rotatable bonds is 4. The first kappa shape index (κ1) is 16.8. The van der Waals surface area contributed by atoms with E-state index in [4.69, 9.17) is 9.47 Å². The highest BCUT2D eigenvalue weighted by atomic mass is 16.5. The molecule has 4 rings (SSSR count). The predicted octanol–water partition coefficient (Wildman–Crippen LogP) is 4.07. The molecule has 0 radical (unpaired) electrons. The number of fused-ring (bicyclic) bond motifs is 1. The van der Waals surface area contributed by atoms with Crippen LogP contribution in [0, 0.1) is 0 Å². The van der Waals surface area contributed by atoms with Gasteiger partial charge in [0.25, 0.3) is 5.56 Å². The molecule has 5 heteroatoms. The lowest BCUT2D eigenvalue weighted by Crippen LogP contribution is -2.21. The van der Waals surface area contributed by atoms with Gasteiger partial charge < -0.3 is 9.47 Å². The van der Waals surface area contributed by atoms with Crippen molar-refractivity contribution in [1.82, 2.24) is 9.55 Å². The van der Waals surface area contributed by atoms with Crippen molar-refractivity contribution in [1.29, 1.82) is 0 Å². The molecule has 0 saturated heterocycles. The minimum atomic E-state index is -0.139. The van der Waals surface area contributed by atoms with E-state index in [0.29, 0.717) is 17.1 Å². The van der Waals surface area contributed by atoms with Crippen LogP contribution in [-0.4, -0.2) is 23.8 Å². The van der Waals surface area contributed by atoms with E-state index >= 15 is 0 Å². The topological polar surface area (TPSA) is 53.4 Å². The first-order valence-electron chi connectivity index (χ1n) is 8.52. The van der Waals surface area contributed by atoms with Crippen LogP contribution in [-0.2, 0) is 0 Å². The smallest absolute Gasteiger partial charge is 0.264 e. The van der Waals surface area contributed by atoms with Crippen molar-refractivity contribution in [2.75, 3.05) is 14.2 Å². The van der Waals surface area contributed by atoms with Gasteiger partial charge in [0.05, 0.1) is 19.9 Å². The molecule has 0 saturated carbocycles. The van der Waals surface area contributed by atoms with E-state index in [2.05, 4.69) is 4.98 Å². The Labute approximate surface area is 156 Å². The van der Waals surface area contributed by atoms with Crippen LogP contribution in [0.3, 0.4) is 0 Å². The third-order valence-corrected chi connectivity index (χ3v) is 4.45. The maximum absolute atomic E-state index is 13.4. The minimum Gasteiger partial charge on any atom is -0.497 e. The fraction of sp³-hybridized carbons (Fsp3) is 0.0909. The number of nitrogens with zero attached hydrogens (tertiary/aromatic N) is 2. The Morgan fingerprint density at radius 3 is 2.26 bits per heavy atom. The predicted molar refractivity (Wildman–Crippen MR) is 106 cm³/mol. The molecule has 0 bridgehead atoms. The van der Waals surface area contributed by atoms with Gasteiger partial charge in [-0.2, -0.15) is 4.98 Å². The molecule has 0 aliphatic rings. The van der Waals surface area contributed by atoms with Crippen molar-refractivity contribution in [2.45, 2.75) is 0 Å². The van der Waals surface area contributed by atoms with Gasteiger partial charge in [0.2, 0.25) is 5.88 Å². The van der Waals surface area contributed by atoms with E-state index in [-0.39, 0.29) is 5.56 Å². The molecule has 0 fully saturated rings. The van der Waals surface area contributed by atoms with Gasteiger partial charge in [-0.25, -0.2) is 0 Å². The summed E-state index contributed by atoms with van der Waals surface area (Å²) < 4.78 is 12.1. The molecule has 4 aromatic rings. The van der Waals surface area contributed by atoms with E-state index in [1.54, 1.807) is 24.9 Å². The van der Waals surface area contributed by atoms with Crippen LogP contribution < -0.4 is 15.0 Å². The van der Waals surface area contributed by atoms with E-state index in [1.165, 1.54) is 0 Å². The maximum atomic E-state index is 13.4. The highest BCUT2D eigenvalue weighted by Gasteiger charge is 2.14. The summed E-state index contributed by atoms with van der Waals surface area (Å²) in [5.74, 6) is 1.21. The SMILES string of the molecule is COc1ccc(-c2cc3ccc(OC)nc3n(-c3ccccc3)c2=O)cc1. The summed E-state index contributed by atoms with van der Waals surface area (Å²) >= 11 is 0. The van der Waals surface area contributed by atoms with Crippen LogP contribution in [0.15, 0.2) is 77.6 Å². The fourth-order valence-electron chi connectivity index (χ4n) is 3.08. The molecular weight excluding hydrogens is 340 g/mol. The first-order chi connectivity index (χ1) is 13.2. The number of benzene rings is 2. The number of para-hydroxylation sites is 1. The number of ether oxygens (including phenoxy) is 2. The zero-order valence-corrected chi connectivity index (χ0v) is 15.0. The molecule has 0 amide bonds. The van der Waals surface area contributed by atoms with Gasteiger partial charge in [-0.15, -0.1) is 0 Å². The molecule has 0 unspecified atom stereocenters. The average molecular weight is 358 g/mol. The van der Waals surface area contributed by atoms with Gasteiger partial charge in [0.15, 0.2) is 5.65 Å². The zero-order chi connectivity index (χ0) is 18.8. The van der Waals surface area contributed by atoms with Gasteiger partial charge in [0, 0.05) is 17.0 Å². The monoisotopic (exact) mass is 358 g/mol. The lowest BCUT2D eigenvalue weighted by molar-refractivity contribution is 0.399. The summed E-state index contributed by atoms with van der Waals surface area (Å²) in [6, 6.07) is 22.5. The molecule has 5 nitrogen and oxygen atoms in total. The van der Waals surface area contributed by atoms with Crippen LogP contribution >= 0.6 is 0 Å². The van der Waals surface area contributed by atoms with Crippen LogP contribution in [0.5, 0.6) is 11.6 Å². The molecule has 0 atom stereocenters. The molecular formula is C22H18N2O3. The maximum Gasteiger partial charge on any atom is 0.264 e. The summed E-state index contributed by atoms with van der Waals surface area (Å²) in [5.41, 5.74) is 2.59. The quantitative estimate of drug-likeness (QED) is 0.552. The number of methoxy groups -OCH3 is 2. The summed E-state index contributed by atoms with van der Waals surface area (Å²) in [4.78, 5) is 17.9. The largest absolute Gasteiger partial charge is 0.497 e. The van der Waals surface area contributed by atoms with Gasteiger partial charge in [0.1, 0.15) is 5.75 Å². The highest BCUT2D eigenvalue weighted by Crippen LogP contribution is 2.25. The van der Waals surface area contributed by atoms with Crippen molar-refractivity contribution in [3.8, 4) is 28.4 Å². The van der Waals surface area contributed by atoms with E-state index < -0.39 is 0 Å². The second kappa shape index (κ2) is 6.96. The first-order valence-corrected chi connectivity index (χ1v) is 8.52. The molecule has 0 N–H and O–H groups in total. The molecule has 0 aliphatic carbocycles. The molecule has 134 valence electrons. The molecule has 2 aromatic heterocycles. The van der Waals surface area contributed by atoms with Gasteiger partial charge in [-0.05, 0) is 42.0 Å². The Morgan fingerprint density at radius 1 is 0.852 bits per heavy atom. The Morgan fingerprint density at radius 2 is 1.59 bits per heavy atom. The van der Waals surface area contributed by atoms with Crippen molar-refractivity contribution < 1.29 is 9.47 Å². The van der Waals surface area contributed by atoms with Crippen LogP contribution in [0.1, 0.15) is 0 Å². The molecule has 27 heavy (non-hydrogen) atoms. The fourth-order valence-corrected chi connectivity index (χ4v) is 3.08. The van der Waals surface area contributed by atoms with Gasteiger partial charge in [-0.3, -0.25) is 9.36 Å².